The first-order valence-electron chi connectivity index (χ1n) is 7.42. The van der Waals surface area contributed by atoms with Gasteiger partial charge >= 0.3 is 0 Å². The molecule has 0 radical (unpaired) electrons. The number of nitrogens with one attached hydrogen (secondary N) is 2. The average Bonchev–Trinajstić information content (AvgIpc) is 2.42. The van der Waals surface area contributed by atoms with Gasteiger partial charge in [0, 0.05) is 19.1 Å². The lowest BCUT2D eigenvalue weighted by Crippen LogP contribution is -2.50. The molecule has 1 saturated carbocycles. The largest absolute Gasteiger partial charge is 0.366 e. The van der Waals surface area contributed by atoms with Gasteiger partial charge in [-0.2, -0.15) is 0 Å². The third-order valence-corrected chi connectivity index (χ3v) is 4.11. The Morgan fingerprint density at radius 3 is 2.72 bits per heavy atom. The van der Waals surface area contributed by atoms with Crippen molar-refractivity contribution in [2.45, 2.75) is 57.6 Å². The van der Waals surface area contributed by atoms with Gasteiger partial charge in [0.2, 0.25) is 0 Å². The van der Waals surface area contributed by atoms with Gasteiger partial charge in [-0.3, -0.25) is 4.79 Å². The molecular formula is C14H26N2O2. The molecule has 2 rings (SSSR count). The first-order chi connectivity index (χ1) is 8.79. The number of amides is 1. The van der Waals surface area contributed by atoms with Crippen molar-refractivity contribution < 1.29 is 9.53 Å². The van der Waals surface area contributed by atoms with Crippen LogP contribution >= 0.6 is 0 Å². The zero-order valence-corrected chi connectivity index (χ0v) is 11.4. The van der Waals surface area contributed by atoms with Crippen LogP contribution in [-0.4, -0.2) is 37.7 Å². The molecule has 2 fully saturated rings. The molecule has 0 aromatic rings. The molecule has 1 heterocycles. The molecule has 4 nitrogen and oxygen atoms in total. The summed E-state index contributed by atoms with van der Waals surface area (Å²) in [6, 6.07) is 0.371. The minimum atomic E-state index is -0.285. The molecule has 2 N–H and O–H groups in total. The number of carbonyl (C=O) groups is 1. The fourth-order valence-corrected chi connectivity index (χ4v) is 3.03. The Bertz CT molecular complexity index is 257. The molecule has 0 aromatic heterocycles. The average molecular weight is 254 g/mol. The van der Waals surface area contributed by atoms with Crippen molar-refractivity contribution in [1.29, 1.82) is 0 Å². The first-order valence-corrected chi connectivity index (χ1v) is 7.42. The molecule has 2 aliphatic rings. The summed E-state index contributed by atoms with van der Waals surface area (Å²) in [5.41, 5.74) is 0. The van der Waals surface area contributed by atoms with Crippen LogP contribution in [0, 0.1) is 5.92 Å². The van der Waals surface area contributed by atoms with E-state index in [1.807, 2.05) is 0 Å². The summed E-state index contributed by atoms with van der Waals surface area (Å²) in [6.45, 7) is 4.39. The molecule has 18 heavy (non-hydrogen) atoms. The summed E-state index contributed by atoms with van der Waals surface area (Å²) in [5.74, 6) is 0.955. The smallest absolute Gasteiger partial charge is 0.250 e. The van der Waals surface area contributed by atoms with E-state index in [2.05, 4.69) is 17.6 Å². The summed E-state index contributed by atoms with van der Waals surface area (Å²) in [4.78, 5) is 12.0. The summed E-state index contributed by atoms with van der Waals surface area (Å²) in [5, 5.41) is 6.34. The highest BCUT2D eigenvalue weighted by Gasteiger charge is 2.26. The van der Waals surface area contributed by atoms with E-state index in [0.29, 0.717) is 19.2 Å². The lowest BCUT2D eigenvalue weighted by Gasteiger charge is -2.31. The van der Waals surface area contributed by atoms with Crippen LogP contribution in [0.5, 0.6) is 0 Å². The van der Waals surface area contributed by atoms with E-state index in [-0.39, 0.29) is 12.0 Å². The van der Waals surface area contributed by atoms with Crippen molar-refractivity contribution in [2.75, 3.05) is 19.7 Å². The number of rotatable bonds is 4. The number of carbonyl (C=O) groups excluding carboxylic acids is 1. The van der Waals surface area contributed by atoms with Crippen molar-refractivity contribution in [3.63, 3.8) is 0 Å². The zero-order chi connectivity index (χ0) is 12.8. The number of morpholine rings is 1. The van der Waals surface area contributed by atoms with E-state index in [4.69, 9.17) is 4.74 Å². The van der Waals surface area contributed by atoms with Gasteiger partial charge < -0.3 is 15.4 Å². The van der Waals surface area contributed by atoms with E-state index >= 15 is 0 Å². The van der Waals surface area contributed by atoms with Gasteiger partial charge in [-0.25, -0.2) is 0 Å². The van der Waals surface area contributed by atoms with E-state index in [9.17, 15) is 4.79 Å². The van der Waals surface area contributed by atoms with Crippen molar-refractivity contribution >= 4 is 5.91 Å². The van der Waals surface area contributed by atoms with Gasteiger partial charge in [0.25, 0.3) is 5.91 Å². The van der Waals surface area contributed by atoms with Crippen molar-refractivity contribution in [3.05, 3.63) is 0 Å². The molecule has 1 atom stereocenters. The normalized spacial score (nSPS) is 33.1. The quantitative estimate of drug-likeness (QED) is 0.798. The third kappa shape index (κ3) is 3.95. The van der Waals surface area contributed by atoms with E-state index in [1.54, 1.807) is 0 Å². The number of hydrogen-bond acceptors (Lipinski definition) is 3. The summed E-state index contributed by atoms with van der Waals surface area (Å²) in [6.07, 6.45) is 7.14. The maximum atomic E-state index is 12.0. The van der Waals surface area contributed by atoms with Gasteiger partial charge in [0.1, 0.15) is 6.10 Å². The number of hydrogen-bond donors (Lipinski definition) is 2. The summed E-state index contributed by atoms with van der Waals surface area (Å²) >= 11 is 0. The molecule has 1 amide bonds. The van der Waals surface area contributed by atoms with E-state index in [0.717, 1.165) is 25.3 Å². The highest BCUT2D eigenvalue weighted by molar-refractivity contribution is 5.81. The minimum Gasteiger partial charge on any atom is -0.366 e. The molecule has 1 unspecified atom stereocenters. The van der Waals surface area contributed by atoms with Gasteiger partial charge in [0.15, 0.2) is 0 Å². The molecule has 1 aliphatic heterocycles. The fourth-order valence-electron chi connectivity index (χ4n) is 3.03. The number of ether oxygens (including phenoxy) is 1. The second-order valence-corrected chi connectivity index (χ2v) is 5.58. The van der Waals surface area contributed by atoms with Gasteiger partial charge in [-0.15, -0.1) is 0 Å². The van der Waals surface area contributed by atoms with Crippen LogP contribution in [0.4, 0.5) is 0 Å². The standard InChI is InChI=1S/C14H26N2O2/c1-2-3-11-4-6-12(7-5-11)16-14(17)13-10-15-8-9-18-13/h11-13,15H,2-10H2,1H3,(H,16,17). The Morgan fingerprint density at radius 2 is 2.11 bits per heavy atom. The third-order valence-electron chi connectivity index (χ3n) is 4.11. The van der Waals surface area contributed by atoms with Gasteiger partial charge in [0.05, 0.1) is 6.61 Å². The Balaban J connectivity index is 1.68. The van der Waals surface area contributed by atoms with E-state index in [1.165, 1.54) is 25.7 Å². The maximum Gasteiger partial charge on any atom is 0.250 e. The van der Waals surface area contributed by atoms with Crippen molar-refractivity contribution in [2.24, 2.45) is 5.92 Å². The Hall–Kier alpha value is -0.610. The highest BCUT2D eigenvalue weighted by Crippen LogP contribution is 2.27. The lowest BCUT2D eigenvalue weighted by molar-refractivity contribution is -0.135. The monoisotopic (exact) mass is 254 g/mol. The van der Waals surface area contributed by atoms with Crippen LogP contribution in [-0.2, 0) is 9.53 Å². The second-order valence-electron chi connectivity index (χ2n) is 5.58. The van der Waals surface area contributed by atoms with Gasteiger partial charge in [-0.05, 0) is 31.6 Å². The second kappa shape index (κ2) is 7.10. The SMILES string of the molecule is CCCC1CCC(NC(=O)C2CNCCO2)CC1. The Kier molecular flexibility index (Phi) is 5.45. The van der Waals surface area contributed by atoms with E-state index < -0.39 is 0 Å². The van der Waals surface area contributed by atoms with Crippen LogP contribution in [0.1, 0.15) is 45.4 Å². The Labute approximate surface area is 110 Å². The van der Waals surface area contributed by atoms with Crippen LogP contribution in [0.25, 0.3) is 0 Å². The first kappa shape index (κ1) is 13.8. The predicted octanol–water partition coefficient (Wildman–Crippen LogP) is 1.45. The van der Waals surface area contributed by atoms with Crippen molar-refractivity contribution in [1.82, 2.24) is 10.6 Å². The zero-order valence-electron chi connectivity index (χ0n) is 11.4. The predicted molar refractivity (Wildman–Crippen MR) is 71.4 cm³/mol. The van der Waals surface area contributed by atoms with Crippen LogP contribution in [0.2, 0.25) is 0 Å². The molecule has 0 aromatic carbocycles. The van der Waals surface area contributed by atoms with Crippen molar-refractivity contribution in [3.8, 4) is 0 Å². The molecule has 4 heteroatoms. The molecule has 1 saturated heterocycles. The van der Waals surface area contributed by atoms with Gasteiger partial charge in [-0.1, -0.05) is 19.8 Å². The van der Waals surface area contributed by atoms with Crippen LogP contribution < -0.4 is 10.6 Å². The highest BCUT2D eigenvalue weighted by atomic mass is 16.5. The molecular weight excluding hydrogens is 228 g/mol. The molecule has 1 aliphatic carbocycles. The molecule has 104 valence electrons. The fraction of sp³-hybridized carbons (Fsp3) is 0.929. The topological polar surface area (TPSA) is 50.4 Å². The maximum absolute atomic E-state index is 12.0. The lowest BCUT2D eigenvalue weighted by atomic mass is 9.83. The van der Waals surface area contributed by atoms with Crippen LogP contribution in [0.3, 0.4) is 0 Å². The molecule has 0 spiro atoms. The molecule has 0 bridgehead atoms. The summed E-state index contributed by atoms with van der Waals surface area (Å²) < 4.78 is 5.47. The van der Waals surface area contributed by atoms with Crippen LogP contribution in [0.15, 0.2) is 0 Å². The minimum absolute atomic E-state index is 0.0705. The Morgan fingerprint density at radius 1 is 1.33 bits per heavy atom. The summed E-state index contributed by atoms with van der Waals surface area (Å²) in [7, 11) is 0.